The lowest BCUT2D eigenvalue weighted by atomic mass is 9.92. The number of hydrogen-bond acceptors (Lipinski definition) is 3. The van der Waals surface area contributed by atoms with Gasteiger partial charge in [-0.15, -0.1) is 0 Å². The van der Waals surface area contributed by atoms with Crippen LogP contribution < -0.4 is 4.90 Å². The summed E-state index contributed by atoms with van der Waals surface area (Å²) < 4.78 is 80.0. The van der Waals surface area contributed by atoms with Crippen molar-refractivity contribution in [1.82, 2.24) is 9.88 Å². The minimum absolute atomic E-state index is 0.0306. The maximum atomic E-state index is 13.4. The van der Waals surface area contributed by atoms with E-state index in [2.05, 4.69) is 4.98 Å². The van der Waals surface area contributed by atoms with Crippen molar-refractivity contribution < 1.29 is 31.1 Å². The molecule has 2 bridgehead atoms. The first kappa shape index (κ1) is 22.2. The number of likely N-dealkylation sites (N-methyl/N-ethyl adjacent to an activating group) is 1. The van der Waals surface area contributed by atoms with Gasteiger partial charge in [0.15, 0.2) is 0 Å². The minimum Gasteiger partial charge on any atom is -0.341 e. The summed E-state index contributed by atoms with van der Waals surface area (Å²) in [5, 5.41) is 0. The highest BCUT2D eigenvalue weighted by atomic mass is 19.4. The topological polar surface area (TPSA) is 36.4 Å². The Morgan fingerprint density at radius 1 is 1.00 bits per heavy atom. The number of nitrogens with zero attached hydrogens (tertiary/aromatic N) is 3. The van der Waals surface area contributed by atoms with Gasteiger partial charge in [0.25, 0.3) is 0 Å². The van der Waals surface area contributed by atoms with Crippen LogP contribution in [0.2, 0.25) is 0 Å². The van der Waals surface area contributed by atoms with Crippen LogP contribution in [-0.2, 0) is 17.1 Å². The number of carbonyl (C=O) groups excluding carboxylic acids is 1. The fourth-order valence-electron chi connectivity index (χ4n) is 5.45. The Kier molecular flexibility index (Phi) is 5.62. The zero-order valence-electron chi connectivity index (χ0n) is 17.1. The van der Waals surface area contributed by atoms with Crippen LogP contribution in [0.4, 0.5) is 32.2 Å². The first-order chi connectivity index (χ1) is 14.5. The molecule has 1 aliphatic heterocycles. The number of fused-ring (bicyclic) bond motifs is 2. The predicted octanol–water partition coefficient (Wildman–Crippen LogP) is 5.27. The average Bonchev–Trinajstić information content (AvgIpc) is 3.33. The molecule has 0 aromatic carbocycles. The first-order valence-electron chi connectivity index (χ1n) is 10.7. The second-order valence-electron chi connectivity index (χ2n) is 8.91. The molecule has 2 heterocycles. The highest BCUT2D eigenvalue weighted by Gasteiger charge is 2.52. The lowest BCUT2D eigenvalue weighted by Gasteiger charge is -2.40. The van der Waals surface area contributed by atoms with Crippen molar-refractivity contribution in [2.45, 2.75) is 81.8 Å². The number of anilines is 1. The van der Waals surface area contributed by atoms with Crippen LogP contribution in [0.5, 0.6) is 0 Å². The number of pyridine rings is 1. The van der Waals surface area contributed by atoms with Gasteiger partial charge in [0.1, 0.15) is 17.6 Å². The van der Waals surface area contributed by atoms with Crippen LogP contribution in [0, 0.1) is 5.92 Å². The number of amides is 1. The van der Waals surface area contributed by atoms with Gasteiger partial charge in [0.05, 0.1) is 5.56 Å². The smallest absolute Gasteiger partial charge is 0.341 e. The molecule has 0 radical (unpaired) electrons. The summed E-state index contributed by atoms with van der Waals surface area (Å²) in [5.74, 6) is -0.731. The number of halogens is 6. The molecule has 3 atom stereocenters. The van der Waals surface area contributed by atoms with Crippen LogP contribution in [0.25, 0.3) is 0 Å². The van der Waals surface area contributed by atoms with Crippen molar-refractivity contribution in [2.24, 2.45) is 5.92 Å². The SMILES string of the molecule is CN(C(=O)[C@@H]1[C@H]2CC[C@H](C2)N1c1cc(C(F)(F)F)cc(C(F)(F)F)n1)C1CCCCC1. The molecule has 31 heavy (non-hydrogen) atoms. The van der Waals surface area contributed by atoms with Gasteiger partial charge >= 0.3 is 12.4 Å². The van der Waals surface area contributed by atoms with Gasteiger partial charge in [0, 0.05) is 19.1 Å². The fraction of sp³-hybridized carbons (Fsp3) is 0.714. The van der Waals surface area contributed by atoms with E-state index in [1.54, 1.807) is 11.9 Å². The van der Waals surface area contributed by atoms with Gasteiger partial charge in [-0.2, -0.15) is 26.3 Å². The Labute approximate surface area is 176 Å². The second-order valence-corrected chi connectivity index (χ2v) is 8.91. The molecular formula is C21H25F6N3O. The Balaban J connectivity index is 1.71. The van der Waals surface area contributed by atoms with Gasteiger partial charge < -0.3 is 9.80 Å². The standard InChI is InChI=1S/C21H25F6N3O/c1-29(14-5-3-2-4-6-14)19(31)18-12-7-8-15(9-12)30(18)17-11-13(20(22,23)24)10-16(28-17)21(25,26)27/h10-12,14-15,18H,2-9H2,1H3/t12-,15+,18-/m0/s1. The molecule has 1 aromatic rings. The number of rotatable bonds is 3. The number of hydrogen-bond donors (Lipinski definition) is 0. The summed E-state index contributed by atoms with van der Waals surface area (Å²) in [5.41, 5.74) is -2.99. The van der Waals surface area contributed by atoms with Crippen molar-refractivity contribution in [3.05, 3.63) is 23.4 Å². The van der Waals surface area contributed by atoms with Crippen LogP contribution in [0.3, 0.4) is 0 Å². The Morgan fingerprint density at radius 3 is 2.29 bits per heavy atom. The van der Waals surface area contributed by atoms with Crippen molar-refractivity contribution in [1.29, 1.82) is 0 Å². The Morgan fingerprint density at radius 2 is 1.68 bits per heavy atom. The lowest BCUT2D eigenvalue weighted by Crippen LogP contribution is -2.53. The van der Waals surface area contributed by atoms with E-state index in [-0.39, 0.29) is 30.0 Å². The monoisotopic (exact) mass is 449 g/mol. The predicted molar refractivity (Wildman–Crippen MR) is 101 cm³/mol. The van der Waals surface area contributed by atoms with Crippen LogP contribution in [-0.4, -0.2) is 41.0 Å². The van der Waals surface area contributed by atoms with E-state index in [4.69, 9.17) is 0 Å². The van der Waals surface area contributed by atoms with E-state index < -0.39 is 35.5 Å². The van der Waals surface area contributed by atoms with Crippen molar-refractivity contribution in [3.63, 3.8) is 0 Å². The van der Waals surface area contributed by atoms with Crippen LogP contribution in [0.15, 0.2) is 12.1 Å². The highest BCUT2D eigenvalue weighted by Crippen LogP contribution is 2.47. The number of piperidine rings is 1. The van der Waals surface area contributed by atoms with E-state index in [0.29, 0.717) is 18.9 Å². The molecule has 1 aromatic heterocycles. The number of alkyl halides is 6. The zero-order valence-corrected chi connectivity index (χ0v) is 17.1. The Hall–Kier alpha value is -2.00. The van der Waals surface area contributed by atoms with Crippen LogP contribution >= 0.6 is 0 Å². The molecule has 10 heteroatoms. The quantitative estimate of drug-likeness (QED) is 0.590. The summed E-state index contributed by atoms with van der Waals surface area (Å²) in [6.07, 6.45) is -3.18. The molecule has 2 saturated carbocycles. The molecule has 1 saturated heterocycles. The third-order valence-corrected chi connectivity index (χ3v) is 7.00. The van der Waals surface area contributed by atoms with Crippen molar-refractivity contribution in [2.75, 3.05) is 11.9 Å². The van der Waals surface area contributed by atoms with E-state index in [9.17, 15) is 31.1 Å². The molecule has 3 fully saturated rings. The molecule has 0 spiro atoms. The van der Waals surface area contributed by atoms with E-state index in [0.717, 1.165) is 38.5 Å². The number of carbonyl (C=O) groups is 1. The maximum absolute atomic E-state index is 13.4. The van der Waals surface area contributed by atoms with Gasteiger partial charge in [-0.05, 0) is 50.2 Å². The van der Waals surface area contributed by atoms with Crippen molar-refractivity contribution in [3.8, 4) is 0 Å². The van der Waals surface area contributed by atoms with Gasteiger partial charge in [-0.3, -0.25) is 4.79 Å². The highest BCUT2D eigenvalue weighted by molar-refractivity contribution is 5.87. The summed E-state index contributed by atoms with van der Waals surface area (Å²) in [6, 6.07) is -0.319. The van der Waals surface area contributed by atoms with Gasteiger partial charge in [-0.1, -0.05) is 19.3 Å². The molecule has 3 aliphatic rings. The molecule has 4 nitrogen and oxygen atoms in total. The normalized spacial score (nSPS) is 27.1. The Bertz CT molecular complexity index is 801. The van der Waals surface area contributed by atoms with Crippen molar-refractivity contribution >= 4 is 11.7 Å². The fourth-order valence-corrected chi connectivity index (χ4v) is 5.45. The first-order valence-corrected chi connectivity index (χ1v) is 10.7. The lowest BCUT2D eigenvalue weighted by molar-refractivity contribution is -0.145. The third-order valence-electron chi connectivity index (χ3n) is 7.00. The summed E-state index contributed by atoms with van der Waals surface area (Å²) in [7, 11) is 1.70. The number of aromatic nitrogens is 1. The van der Waals surface area contributed by atoms with E-state index >= 15 is 0 Å². The largest absolute Gasteiger partial charge is 0.433 e. The van der Waals surface area contributed by atoms with Gasteiger partial charge in [0.2, 0.25) is 5.91 Å². The molecule has 4 rings (SSSR count). The molecule has 2 aliphatic carbocycles. The van der Waals surface area contributed by atoms with Crippen LogP contribution in [0.1, 0.15) is 62.6 Å². The second kappa shape index (κ2) is 7.85. The molecule has 1 amide bonds. The minimum atomic E-state index is -5.02. The maximum Gasteiger partial charge on any atom is 0.433 e. The van der Waals surface area contributed by atoms with Gasteiger partial charge in [-0.25, -0.2) is 4.98 Å². The molecule has 0 N–H and O–H groups in total. The summed E-state index contributed by atoms with van der Waals surface area (Å²) in [6.45, 7) is 0. The molecular weight excluding hydrogens is 424 g/mol. The summed E-state index contributed by atoms with van der Waals surface area (Å²) in [4.78, 5) is 20.0. The van der Waals surface area contributed by atoms with E-state index in [1.165, 1.54) is 4.90 Å². The third kappa shape index (κ3) is 4.22. The van der Waals surface area contributed by atoms with E-state index in [1.807, 2.05) is 0 Å². The zero-order chi connectivity index (χ0) is 22.6. The average molecular weight is 449 g/mol. The molecule has 0 unspecified atom stereocenters. The summed E-state index contributed by atoms with van der Waals surface area (Å²) >= 11 is 0. The molecule has 172 valence electrons.